The van der Waals surface area contributed by atoms with Crippen LogP contribution in [-0.4, -0.2) is 69.7 Å². The highest BCUT2D eigenvalue weighted by molar-refractivity contribution is 5.77. The van der Waals surface area contributed by atoms with E-state index in [1.807, 2.05) is 26.8 Å². The molecular formula is C21H31N3O8. The third-order valence-corrected chi connectivity index (χ3v) is 5.33. The van der Waals surface area contributed by atoms with Gasteiger partial charge in [-0.1, -0.05) is 17.3 Å². The molecule has 2 rings (SSSR count). The van der Waals surface area contributed by atoms with E-state index in [1.165, 1.54) is 4.90 Å². The summed E-state index contributed by atoms with van der Waals surface area (Å²) < 4.78 is 5.84. The standard InChI is InChI=1S/C21H31N3O8/c1-21(2,3)23(20(27)8-5-9-32-24(29)30)12-15(22-28)13-31-19-7-4-6-14-10-17(25)18(26)11-16(14)19/h4,6-7,15,17-18,25-26H,5,8-13H2,1-3H3. The third-order valence-electron chi connectivity index (χ3n) is 5.33. The monoisotopic (exact) mass is 453 g/mol. The largest absolute Gasteiger partial charge is 0.491 e. The summed E-state index contributed by atoms with van der Waals surface area (Å²) in [5, 5.41) is 32.3. The van der Waals surface area contributed by atoms with Crippen molar-refractivity contribution in [1.82, 2.24) is 4.90 Å². The summed E-state index contributed by atoms with van der Waals surface area (Å²) in [5.41, 5.74) is 1.06. The van der Waals surface area contributed by atoms with Crippen LogP contribution in [-0.2, 0) is 22.5 Å². The van der Waals surface area contributed by atoms with E-state index in [0.29, 0.717) is 12.2 Å². The zero-order valence-corrected chi connectivity index (χ0v) is 18.6. The number of nitroso groups, excluding NO2 is 1. The molecule has 0 spiro atoms. The molecule has 32 heavy (non-hydrogen) atoms. The van der Waals surface area contributed by atoms with Crippen molar-refractivity contribution < 1.29 is 29.7 Å². The number of carbonyl (C=O) groups is 1. The van der Waals surface area contributed by atoms with Crippen molar-refractivity contribution in [2.75, 3.05) is 19.8 Å². The number of aliphatic hydroxyl groups excluding tert-OH is 2. The Balaban J connectivity index is 2.02. The van der Waals surface area contributed by atoms with E-state index < -0.39 is 28.9 Å². The van der Waals surface area contributed by atoms with E-state index >= 15 is 0 Å². The Labute approximate surface area is 186 Å². The third kappa shape index (κ3) is 7.13. The van der Waals surface area contributed by atoms with Gasteiger partial charge in [0, 0.05) is 30.4 Å². The van der Waals surface area contributed by atoms with Crippen LogP contribution in [0.1, 0.15) is 44.7 Å². The van der Waals surface area contributed by atoms with Crippen LogP contribution >= 0.6 is 0 Å². The van der Waals surface area contributed by atoms with Gasteiger partial charge in [-0.2, -0.15) is 4.91 Å². The summed E-state index contributed by atoms with van der Waals surface area (Å²) >= 11 is 0. The van der Waals surface area contributed by atoms with Gasteiger partial charge < -0.3 is 24.7 Å². The molecule has 1 amide bonds. The summed E-state index contributed by atoms with van der Waals surface area (Å²) in [7, 11) is 0. The van der Waals surface area contributed by atoms with Crippen molar-refractivity contribution in [3.05, 3.63) is 44.3 Å². The Kier molecular flexibility index (Phi) is 8.90. The molecule has 3 unspecified atom stereocenters. The van der Waals surface area contributed by atoms with Gasteiger partial charge in [-0.05, 0) is 38.8 Å². The molecule has 0 fully saturated rings. The lowest BCUT2D eigenvalue weighted by atomic mass is 9.87. The first-order valence-corrected chi connectivity index (χ1v) is 10.5. The molecule has 178 valence electrons. The lowest BCUT2D eigenvalue weighted by Gasteiger charge is -2.37. The minimum Gasteiger partial charge on any atom is -0.491 e. The summed E-state index contributed by atoms with van der Waals surface area (Å²) in [6, 6.07) is 4.52. The maximum Gasteiger partial charge on any atom is 0.294 e. The van der Waals surface area contributed by atoms with Crippen LogP contribution in [0.2, 0.25) is 0 Å². The second kappa shape index (κ2) is 11.2. The SMILES string of the molecule is CC(C)(C)N(CC(COc1cccc2c1CC(O)C(O)C2)N=O)C(=O)CCCO[N+](=O)[O-]. The summed E-state index contributed by atoms with van der Waals surface area (Å²) in [6.45, 7) is 5.24. The van der Waals surface area contributed by atoms with E-state index in [4.69, 9.17) is 4.74 Å². The van der Waals surface area contributed by atoms with Gasteiger partial charge >= 0.3 is 0 Å². The summed E-state index contributed by atoms with van der Waals surface area (Å²) in [5.74, 6) is 0.236. The van der Waals surface area contributed by atoms with Crippen molar-refractivity contribution in [1.29, 1.82) is 0 Å². The lowest BCUT2D eigenvalue weighted by Crippen LogP contribution is -2.49. The zero-order valence-electron chi connectivity index (χ0n) is 18.6. The van der Waals surface area contributed by atoms with Crippen molar-refractivity contribution in [2.45, 2.75) is 70.2 Å². The first kappa shape index (κ1) is 25.5. The highest BCUT2D eigenvalue weighted by Crippen LogP contribution is 2.30. The molecule has 1 aromatic carbocycles. The maximum absolute atomic E-state index is 12.7. The van der Waals surface area contributed by atoms with Gasteiger partial charge in [-0.15, -0.1) is 10.1 Å². The summed E-state index contributed by atoms with van der Waals surface area (Å²) in [4.78, 5) is 40.2. The fourth-order valence-corrected chi connectivity index (χ4v) is 3.64. The number of amides is 1. The number of hydrogen-bond acceptors (Lipinski definition) is 9. The minimum absolute atomic E-state index is 0.0261. The molecule has 11 nitrogen and oxygen atoms in total. The molecule has 11 heteroatoms. The number of hydrogen-bond donors (Lipinski definition) is 2. The molecule has 0 saturated carbocycles. The number of nitrogens with zero attached hydrogens (tertiary/aromatic N) is 3. The summed E-state index contributed by atoms with van der Waals surface area (Å²) in [6.07, 6.45) is -0.957. The maximum atomic E-state index is 12.7. The van der Waals surface area contributed by atoms with Crippen molar-refractivity contribution in [3.63, 3.8) is 0 Å². The minimum atomic E-state index is -0.905. The van der Waals surface area contributed by atoms with Crippen molar-refractivity contribution in [2.24, 2.45) is 5.18 Å². The Morgan fingerprint density at radius 3 is 2.62 bits per heavy atom. The predicted molar refractivity (Wildman–Crippen MR) is 115 cm³/mol. The Morgan fingerprint density at radius 1 is 1.31 bits per heavy atom. The molecule has 1 aromatic rings. The molecular weight excluding hydrogens is 422 g/mol. The number of rotatable bonds is 11. The topological polar surface area (TPSA) is 152 Å². The molecule has 0 bridgehead atoms. The molecule has 1 aliphatic carbocycles. The molecule has 0 saturated heterocycles. The van der Waals surface area contributed by atoms with E-state index in [9.17, 15) is 30.0 Å². The van der Waals surface area contributed by atoms with Crippen LogP contribution in [0.15, 0.2) is 23.4 Å². The molecule has 0 aromatic heterocycles. The fourth-order valence-electron chi connectivity index (χ4n) is 3.64. The first-order valence-electron chi connectivity index (χ1n) is 10.5. The number of ether oxygens (including phenoxy) is 1. The van der Waals surface area contributed by atoms with Crippen LogP contribution < -0.4 is 4.74 Å². The average Bonchev–Trinajstić information content (AvgIpc) is 2.71. The molecule has 2 N–H and O–H groups in total. The molecule has 3 atom stereocenters. The Hall–Kier alpha value is -2.79. The average molecular weight is 453 g/mol. The highest BCUT2D eigenvalue weighted by Gasteiger charge is 2.30. The number of benzene rings is 1. The van der Waals surface area contributed by atoms with Crippen LogP contribution in [0.5, 0.6) is 5.75 Å². The number of aliphatic hydroxyl groups is 2. The van der Waals surface area contributed by atoms with Crippen LogP contribution in [0.3, 0.4) is 0 Å². The fraction of sp³-hybridized carbons (Fsp3) is 0.667. The van der Waals surface area contributed by atoms with Crippen LogP contribution in [0.4, 0.5) is 0 Å². The highest BCUT2D eigenvalue weighted by atomic mass is 16.9. The lowest BCUT2D eigenvalue weighted by molar-refractivity contribution is -0.757. The quantitative estimate of drug-likeness (QED) is 0.222. The smallest absolute Gasteiger partial charge is 0.294 e. The molecule has 1 aliphatic rings. The van der Waals surface area contributed by atoms with Crippen LogP contribution in [0.25, 0.3) is 0 Å². The van der Waals surface area contributed by atoms with Gasteiger partial charge in [0.25, 0.3) is 5.09 Å². The predicted octanol–water partition coefficient (Wildman–Crippen LogP) is 1.64. The second-order valence-corrected chi connectivity index (χ2v) is 8.84. The second-order valence-electron chi connectivity index (χ2n) is 8.84. The first-order chi connectivity index (χ1) is 15.0. The van der Waals surface area contributed by atoms with Gasteiger partial charge in [0.05, 0.1) is 25.4 Å². The zero-order chi connectivity index (χ0) is 23.9. The van der Waals surface area contributed by atoms with E-state index in [0.717, 1.165) is 11.1 Å². The number of fused-ring (bicyclic) bond motifs is 1. The molecule has 0 aliphatic heterocycles. The van der Waals surface area contributed by atoms with Gasteiger partial charge in [0.2, 0.25) is 5.91 Å². The van der Waals surface area contributed by atoms with Gasteiger partial charge in [-0.25, -0.2) is 0 Å². The van der Waals surface area contributed by atoms with Gasteiger partial charge in [-0.3, -0.25) is 4.79 Å². The Morgan fingerprint density at radius 2 is 2.00 bits per heavy atom. The van der Waals surface area contributed by atoms with E-state index in [2.05, 4.69) is 10.0 Å². The molecule has 0 radical (unpaired) electrons. The number of carbonyl (C=O) groups excluding carboxylic acids is 1. The van der Waals surface area contributed by atoms with Crippen molar-refractivity contribution in [3.8, 4) is 5.75 Å². The van der Waals surface area contributed by atoms with Crippen molar-refractivity contribution >= 4 is 5.91 Å². The van der Waals surface area contributed by atoms with E-state index in [-0.39, 0.29) is 44.9 Å². The van der Waals surface area contributed by atoms with Crippen LogP contribution in [0, 0.1) is 15.0 Å². The normalized spacial score (nSPS) is 18.9. The Bertz CT molecular complexity index is 811. The van der Waals surface area contributed by atoms with Gasteiger partial charge in [0.15, 0.2) is 0 Å². The molecule has 0 heterocycles. The van der Waals surface area contributed by atoms with Gasteiger partial charge in [0.1, 0.15) is 18.4 Å². The van der Waals surface area contributed by atoms with E-state index in [1.54, 1.807) is 12.1 Å².